The maximum absolute atomic E-state index is 13.3. The van der Waals surface area contributed by atoms with E-state index in [0.717, 1.165) is 11.1 Å². The summed E-state index contributed by atoms with van der Waals surface area (Å²) in [6, 6.07) is 8.42. The van der Waals surface area contributed by atoms with Crippen molar-refractivity contribution in [1.82, 2.24) is 10.4 Å². The number of nitrogens with two attached hydrogens (primary N) is 1. The Hall–Kier alpha value is -1.49. The third-order valence-corrected chi connectivity index (χ3v) is 3.04. The van der Waals surface area contributed by atoms with Crippen LogP contribution in [0.4, 0.5) is 4.39 Å². The van der Waals surface area contributed by atoms with Gasteiger partial charge >= 0.3 is 0 Å². The molecule has 0 bridgehead atoms. The van der Waals surface area contributed by atoms with E-state index >= 15 is 0 Å². The number of hydrazine groups is 1. The first kappa shape index (κ1) is 13.0. The Labute approximate surface area is 110 Å². The van der Waals surface area contributed by atoms with Gasteiger partial charge in [0.05, 0.1) is 11.1 Å². The summed E-state index contributed by atoms with van der Waals surface area (Å²) in [4.78, 5) is 3.95. The molecule has 94 valence electrons. The summed E-state index contributed by atoms with van der Waals surface area (Å²) in [7, 11) is 0. The highest BCUT2D eigenvalue weighted by atomic mass is 35.5. The van der Waals surface area contributed by atoms with Crippen LogP contribution in [-0.4, -0.2) is 4.98 Å². The zero-order valence-corrected chi connectivity index (χ0v) is 10.4. The van der Waals surface area contributed by atoms with Gasteiger partial charge in [0.15, 0.2) is 0 Å². The van der Waals surface area contributed by atoms with Crippen LogP contribution in [0.3, 0.4) is 0 Å². The summed E-state index contributed by atoms with van der Waals surface area (Å²) >= 11 is 5.64. The normalized spacial score (nSPS) is 12.4. The largest absolute Gasteiger partial charge is 0.271 e. The Balaban J connectivity index is 2.18. The fourth-order valence-corrected chi connectivity index (χ4v) is 1.89. The molecule has 1 heterocycles. The van der Waals surface area contributed by atoms with E-state index in [-0.39, 0.29) is 11.1 Å². The first-order valence-corrected chi connectivity index (χ1v) is 5.88. The molecular weight excluding hydrogens is 253 g/mol. The summed E-state index contributed by atoms with van der Waals surface area (Å²) < 4.78 is 13.3. The lowest BCUT2D eigenvalue weighted by Crippen LogP contribution is -2.29. The van der Waals surface area contributed by atoms with E-state index in [1.165, 1.54) is 6.07 Å². The Bertz CT molecular complexity index is 519. The van der Waals surface area contributed by atoms with Crippen LogP contribution in [0.5, 0.6) is 0 Å². The van der Waals surface area contributed by atoms with E-state index in [1.54, 1.807) is 24.5 Å². The molecule has 2 aromatic rings. The standard InChI is InChI=1S/C13H13ClFN3/c14-11-2-1-9(7-12(11)15)8-13(18-16)10-3-5-17-6-4-10/h1-7,13,18H,8,16H2. The minimum atomic E-state index is -0.417. The van der Waals surface area contributed by atoms with Crippen molar-refractivity contribution in [2.75, 3.05) is 0 Å². The second kappa shape index (κ2) is 5.91. The molecule has 0 spiro atoms. The monoisotopic (exact) mass is 265 g/mol. The number of rotatable bonds is 4. The van der Waals surface area contributed by atoms with Gasteiger partial charge in [0.25, 0.3) is 0 Å². The highest BCUT2D eigenvalue weighted by Crippen LogP contribution is 2.20. The number of nitrogens with one attached hydrogen (secondary N) is 1. The van der Waals surface area contributed by atoms with Crippen LogP contribution < -0.4 is 11.3 Å². The molecule has 0 fully saturated rings. The first-order valence-electron chi connectivity index (χ1n) is 5.50. The molecule has 0 aliphatic carbocycles. The second-order valence-corrected chi connectivity index (χ2v) is 4.36. The van der Waals surface area contributed by atoms with Crippen LogP contribution in [0.1, 0.15) is 17.2 Å². The van der Waals surface area contributed by atoms with Crippen LogP contribution in [0.15, 0.2) is 42.7 Å². The van der Waals surface area contributed by atoms with Crippen molar-refractivity contribution in [3.05, 3.63) is 64.7 Å². The SMILES string of the molecule is NNC(Cc1ccc(Cl)c(F)c1)c1ccncc1. The Kier molecular flexibility index (Phi) is 4.25. The second-order valence-electron chi connectivity index (χ2n) is 3.95. The van der Waals surface area contributed by atoms with Crippen LogP contribution in [-0.2, 0) is 6.42 Å². The number of benzene rings is 1. The number of nitrogens with zero attached hydrogens (tertiary/aromatic N) is 1. The van der Waals surface area contributed by atoms with E-state index in [2.05, 4.69) is 10.4 Å². The maximum atomic E-state index is 13.3. The predicted octanol–water partition coefficient (Wildman–Crippen LogP) is 2.62. The summed E-state index contributed by atoms with van der Waals surface area (Å²) in [5.74, 6) is 5.11. The van der Waals surface area contributed by atoms with Crippen molar-refractivity contribution >= 4 is 11.6 Å². The molecule has 0 aliphatic heterocycles. The summed E-state index contributed by atoms with van der Waals surface area (Å²) in [6.45, 7) is 0. The van der Waals surface area contributed by atoms with Gasteiger partial charge in [-0.25, -0.2) is 4.39 Å². The highest BCUT2D eigenvalue weighted by Gasteiger charge is 2.11. The molecule has 18 heavy (non-hydrogen) atoms. The fraction of sp³-hybridized carbons (Fsp3) is 0.154. The molecule has 3 N–H and O–H groups in total. The third-order valence-electron chi connectivity index (χ3n) is 2.73. The third kappa shape index (κ3) is 3.04. The van der Waals surface area contributed by atoms with Crippen molar-refractivity contribution in [1.29, 1.82) is 0 Å². The number of hydrogen-bond acceptors (Lipinski definition) is 3. The molecule has 3 nitrogen and oxygen atoms in total. The van der Waals surface area contributed by atoms with E-state index in [0.29, 0.717) is 6.42 Å². The lowest BCUT2D eigenvalue weighted by Gasteiger charge is -2.16. The lowest BCUT2D eigenvalue weighted by molar-refractivity contribution is 0.548. The Morgan fingerprint density at radius 1 is 1.28 bits per heavy atom. The van der Waals surface area contributed by atoms with Crippen LogP contribution >= 0.6 is 11.6 Å². The van der Waals surface area contributed by atoms with Crippen molar-refractivity contribution in [2.24, 2.45) is 5.84 Å². The topological polar surface area (TPSA) is 50.9 Å². The number of aromatic nitrogens is 1. The predicted molar refractivity (Wildman–Crippen MR) is 69.4 cm³/mol. The van der Waals surface area contributed by atoms with Gasteiger partial charge < -0.3 is 0 Å². The smallest absolute Gasteiger partial charge is 0.142 e. The van der Waals surface area contributed by atoms with Gasteiger partial charge in [0.2, 0.25) is 0 Å². The lowest BCUT2D eigenvalue weighted by atomic mass is 10.0. The average Bonchev–Trinajstić information content (AvgIpc) is 2.41. The van der Waals surface area contributed by atoms with E-state index < -0.39 is 5.82 Å². The van der Waals surface area contributed by atoms with Gasteiger partial charge in [-0.15, -0.1) is 0 Å². The van der Waals surface area contributed by atoms with Crippen molar-refractivity contribution < 1.29 is 4.39 Å². The number of hydrogen-bond donors (Lipinski definition) is 2. The van der Waals surface area contributed by atoms with E-state index in [1.807, 2.05) is 12.1 Å². The highest BCUT2D eigenvalue weighted by molar-refractivity contribution is 6.30. The van der Waals surface area contributed by atoms with Gasteiger partial charge in [-0.1, -0.05) is 17.7 Å². The van der Waals surface area contributed by atoms with Crippen molar-refractivity contribution in [3.8, 4) is 0 Å². The molecule has 2 rings (SSSR count). The van der Waals surface area contributed by atoms with Gasteiger partial charge in [-0.05, 0) is 41.8 Å². The van der Waals surface area contributed by atoms with Crippen molar-refractivity contribution in [3.63, 3.8) is 0 Å². The molecule has 0 saturated heterocycles. The summed E-state index contributed by atoms with van der Waals surface area (Å²) in [5.41, 5.74) is 4.55. The molecule has 0 aliphatic rings. The van der Waals surface area contributed by atoms with Crippen LogP contribution in [0.25, 0.3) is 0 Å². The van der Waals surface area contributed by atoms with Crippen LogP contribution in [0, 0.1) is 5.82 Å². The Morgan fingerprint density at radius 2 is 2.00 bits per heavy atom. The van der Waals surface area contributed by atoms with E-state index in [9.17, 15) is 4.39 Å². The zero-order valence-electron chi connectivity index (χ0n) is 9.61. The zero-order chi connectivity index (χ0) is 13.0. The number of halogens is 2. The molecule has 0 saturated carbocycles. The molecule has 5 heteroatoms. The fourth-order valence-electron chi connectivity index (χ4n) is 1.77. The molecule has 1 atom stereocenters. The maximum Gasteiger partial charge on any atom is 0.142 e. The minimum absolute atomic E-state index is 0.0893. The van der Waals surface area contributed by atoms with Gasteiger partial charge in [0.1, 0.15) is 5.82 Å². The average molecular weight is 266 g/mol. The van der Waals surface area contributed by atoms with Gasteiger partial charge in [0, 0.05) is 12.4 Å². The molecule has 0 radical (unpaired) electrons. The minimum Gasteiger partial charge on any atom is -0.271 e. The molecular formula is C13H13ClFN3. The Morgan fingerprint density at radius 3 is 2.61 bits per heavy atom. The summed E-state index contributed by atoms with van der Waals surface area (Å²) in [5, 5.41) is 0.125. The quantitative estimate of drug-likeness (QED) is 0.660. The van der Waals surface area contributed by atoms with E-state index in [4.69, 9.17) is 17.4 Å². The van der Waals surface area contributed by atoms with Gasteiger partial charge in [-0.3, -0.25) is 16.3 Å². The van der Waals surface area contributed by atoms with Crippen LogP contribution in [0.2, 0.25) is 5.02 Å². The summed E-state index contributed by atoms with van der Waals surface area (Å²) in [6.07, 6.45) is 3.97. The molecule has 1 aromatic heterocycles. The molecule has 1 unspecified atom stereocenters. The van der Waals surface area contributed by atoms with Crippen molar-refractivity contribution in [2.45, 2.75) is 12.5 Å². The number of pyridine rings is 1. The first-order chi connectivity index (χ1) is 8.70. The van der Waals surface area contributed by atoms with Gasteiger partial charge in [-0.2, -0.15) is 0 Å². The molecule has 0 amide bonds. The molecule has 1 aromatic carbocycles.